The van der Waals surface area contributed by atoms with Crippen LogP contribution in [0.4, 0.5) is 4.39 Å². The average Bonchev–Trinajstić information content (AvgIpc) is 3.19. The SMILES string of the molecule is O=C(O)Cn1cc(CNC(=O)C2CC2c2ccc(F)cc2)nn1. The average molecular weight is 318 g/mol. The Balaban J connectivity index is 1.50. The zero-order valence-corrected chi connectivity index (χ0v) is 12.1. The van der Waals surface area contributed by atoms with Gasteiger partial charge in [0.2, 0.25) is 5.91 Å². The number of carbonyl (C=O) groups is 2. The van der Waals surface area contributed by atoms with Crippen LogP contribution in [0, 0.1) is 11.7 Å². The Hall–Kier alpha value is -2.77. The monoisotopic (exact) mass is 318 g/mol. The number of nitrogens with zero attached hydrogens (tertiary/aromatic N) is 3. The molecule has 3 rings (SSSR count). The minimum Gasteiger partial charge on any atom is -0.480 e. The van der Waals surface area contributed by atoms with Crippen LogP contribution < -0.4 is 5.32 Å². The molecule has 2 aromatic rings. The maximum absolute atomic E-state index is 12.9. The van der Waals surface area contributed by atoms with E-state index in [0.29, 0.717) is 5.69 Å². The van der Waals surface area contributed by atoms with E-state index in [1.165, 1.54) is 23.0 Å². The number of carbonyl (C=O) groups excluding carboxylic acids is 1. The molecule has 1 saturated carbocycles. The van der Waals surface area contributed by atoms with Gasteiger partial charge < -0.3 is 10.4 Å². The molecular weight excluding hydrogens is 303 g/mol. The number of hydrogen-bond donors (Lipinski definition) is 2. The lowest BCUT2D eigenvalue weighted by Crippen LogP contribution is -2.25. The molecule has 1 aliphatic rings. The normalized spacial score (nSPS) is 19.3. The minimum absolute atomic E-state index is 0.0906. The largest absolute Gasteiger partial charge is 0.480 e. The number of aromatic nitrogens is 3. The number of rotatable bonds is 6. The van der Waals surface area contributed by atoms with Crippen LogP contribution in [-0.4, -0.2) is 32.0 Å². The molecule has 1 heterocycles. The predicted octanol–water partition coefficient (Wildman–Crippen LogP) is 0.922. The van der Waals surface area contributed by atoms with Crippen LogP contribution in [0.2, 0.25) is 0 Å². The smallest absolute Gasteiger partial charge is 0.325 e. The Kier molecular flexibility index (Phi) is 4.05. The quantitative estimate of drug-likeness (QED) is 0.825. The van der Waals surface area contributed by atoms with E-state index in [9.17, 15) is 14.0 Å². The molecular formula is C15H15FN4O3. The zero-order chi connectivity index (χ0) is 16.4. The molecule has 0 radical (unpaired) electrons. The molecule has 2 unspecified atom stereocenters. The Labute approximate surface area is 131 Å². The highest BCUT2D eigenvalue weighted by molar-refractivity contribution is 5.82. The van der Waals surface area contributed by atoms with E-state index in [1.807, 2.05) is 0 Å². The molecule has 7 nitrogen and oxygen atoms in total. The lowest BCUT2D eigenvalue weighted by atomic mass is 10.1. The number of nitrogens with one attached hydrogen (secondary N) is 1. The molecule has 120 valence electrons. The number of carboxylic acids is 1. The maximum atomic E-state index is 12.9. The number of benzene rings is 1. The van der Waals surface area contributed by atoms with Gasteiger partial charge in [0.25, 0.3) is 0 Å². The first kappa shape index (κ1) is 15.1. The molecule has 0 spiro atoms. The lowest BCUT2D eigenvalue weighted by Gasteiger charge is -2.03. The maximum Gasteiger partial charge on any atom is 0.325 e. The second-order valence-corrected chi connectivity index (χ2v) is 5.52. The standard InChI is InChI=1S/C15H15FN4O3/c16-10-3-1-9(2-4-10)12-5-13(12)15(23)17-6-11-7-20(19-18-11)8-14(21)22/h1-4,7,12-13H,5-6,8H2,(H,17,23)(H,21,22). The summed E-state index contributed by atoms with van der Waals surface area (Å²) < 4.78 is 14.1. The van der Waals surface area contributed by atoms with Crippen LogP contribution in [-0.2, 0) is 22.7 Å². The van der Waals surface area contributed by atoms with E-state index in [-0.39, 0.29) is 36.6 Å². The van der Waals surface area contributed by atoms with Crippen LogP contribution >= 0.6 is 0 Å². The first-order valence-corrected chi connectivity index (χ1v) is 7.17. The van der Waals surface area contributed by atoms with Gasteiger partial charge in [-0.1, -0.05) is 17.3 Å². The highest BCUT2D eigenvalue weighted by Gasteiger charge is 2.43. The van der Waals surface area contributed by atoms with Gasteiger partial charge in [-0.15, -0.1) is 5.10 Å². The third-order valence-corrected chi connectivity index (χ3v) is 3.75. The minimum atomic E-state index is -1.01. The summed E-state index contributed by atoms with van der Waals surface area (Å²) in [5.41, 5.74) is 1.46. The number of carboxylic acid groups (broad SMARTS) is 1. The van der Waals surface area contributed by atoms with E-state index < -0.39 is 5.97 Å². The third kappa shape index (κ3) is 3.71. The lowest BCUT2D eigenvalue weighted by molar-refractivity contribution is -0.138. The molecule has 23 heavy (non-hydrogen) atoms. The Morgan fingerprint density at radius 3 is 2.78 bits per heavy atom. The summed E-state index contributed by atoms with van der Waals surface area (Å²) in [6.45, 7) is -0.0682. The predicted molar refractivity (Wildman–Crippen MR) is 76.8 cm³/mol. The van der Waals surface area contributed by atoms with E-state index in [1.54, 1.807) is 12.1 Å². The van der Waals surface area contributed by atoms with Gasteiger partial charge in [-0.3, -0.25) is 9.59 Å². The first-order chi connectivity index (χ1) is 11.0. The van der Waals surface area contributed by atoms with Gasteiger partial charge in [0.1, 0.15) is 18.1 Å². The molecule has 0 aliphatic heterocycles. The number of aliphatic carboxylic acids is 1. The van der Waals surface area contributed by atoms with Crippen molar-refractivity contribution in [3.63, 3.8) is 0 Å². The van der Waals surface area contributed by atoms with Crippen LogP contribution in [0.25, 0.3) is 0 Å². The van der Waals surface area contributed by atoms with E-state index in [0.717, 1.165) is 12.0 Å². The molecule has 2 N–H and O–H groups in total. The fraction of sp³-hybridized carbons (Fsp3) is 0.333. The topological polar surface area (TPSA) is 97.1 Å². The van der Waals surface area contributed by atoms with Crippen LogP contribution in [0.3, 0.4) is 0 Å². The summed E-state index contributed by atoms with van der Waals surface area (Å²) in [5, 5.41) is 18.9. The van der Waals surface area contributed by atoms with Crippen molar-refractivity contribution in [3.05, 3.63) is 47.5 Å². The van der Waals surface area contributed by atoms with Gasteiger partial charge in [0.05, 0.1) is 12.7 Å². The van der Waals surface area contributed by atoms with Crippen LogP contribution in [0.5, 0.6) is 0 Å². The zero-order valence-electron chi connectivity index (χ0n) is 12.1. The van der Waals surface area contributed by atoms with Crippen molar-refractivity contribution in [2.24, 2.45) is 5.92 Å². The van der Waals surface area contributed by atoms with Crippen molar-refractivity contribution in [2.75, 3.05) is 0 Å². The number of halogens is 1. The highest BCUT2D eigenvalue weighted by atomic mass is 19.1. The van der Waals surface area contributed by atoms with E-state index in [2.05, 4.69) is 15.6 Å². The van der Waals surface area contributed by atoms with Crippen molar-refractivity contribution in [1.82, 2.24) is 20.3 Å². The first-order valence-electron chi connectivity index (χ1n) is 7.17. The van der Waals surface area contributed by atoms with E-state index >= 15 is 0 Å². The molecule has 2 atom stereocenters. The van der Waals surface area contributed by atoms with Crippen LogP contribution in [0.1, 0.15) is 23.6 Å². The van der Waals surface area contributed by atoms with Crippen molar-refractivity contribution in [3.8, 4) is 0 Å². The molecule has 0 bridgehead atoms. The molecule has 1 aromatic carbocycles. The summed E-state index contributed by atoms with van der Waals surface area (Å²) in [7, 11) is 0. The number of amides is 1. The van der Waals surface area contributed by atoms with Gasteiger partial charge in [0.15, 0.2) is 0 Å². The molecule has 1 fully saturated rings. The van der Waals surface area contributed by atoms with Gasteiger partial charge in [-0.25, -0.2) is 9.07 Å². The van der Waals surface area contributed by atoms with Crippen molar-refractivity contribution in [2.45, 2.75) is 25.4 Å². The Morgan fingerprint density at radius 1 is 1.35 bits per heavy atom. The summed E-state index contributed by atoms with van der Waals surface area (Å²) in [5.74, 6) is -1.38. The summed E-state index contributed by atoms with van der Waals surface area (Å²) in [6, 6.07) is 6.18. The van der Waals surface area contributed by atoms with Crippen molar-refractivity contribution in [1.29, 1.82) is 0 Å². The molecule has 8 heteroatoms. The van der Waals surface area contributed by atoms with Crippen molar-refractivity contribution < 1.29 is 19.1 Å². The second kappa shape index (κ2) is 6.15. The van der Waals surface area contributed by atoms with Gasteiger partial charge >= 0.3 is 5.97 Å². The second-order valence-electron chi connectivity index (χ2n) is 5.52. The Morgan fingerprint density at radius 2 is 2.09 bits per heavy atom. The fourth-order valence-electron chi connectivity index (χ4n) is 2.51. The summed E-state index contributed by atoms with van der Waals surface area (Å²) in [6.07, 6.45) is 2.22. The van der Waals surface area contributed by atoms with Crippen molar-refractivity contribution >= 4 is 11.9 Å². The number of hydrogen-bond acceptors (Lipinski definition) is 4. The van der Waals surface area contributed by atoms with Gasteiger partial charge in [0, 0.05) is 5.92 Å². The van der Waals surface area contributed by atoms with Crippen LogP contribution in [0.15, 0.2) is 30.5 Å². The molecule has 1 aromatic heterocycles. The summed E-state index contributed by atoms with van der Waals surface area (Å²) in [4.78, 5) is 22.6. The summed E-state index contributed by atoms with van der Waals surface area (Å²) >= 11 is 0. The third-order valence-electron chi connectivity index (χ3n) is 3.75. The highest BCUT2D eigenvalue weighted by Crippen LogP contribution is 2.47. The molecule has 0 saturated heterocycles. The van der Waals surface area contributed by atoms with E-state index in [4.69, 9.17) is 5.11 Å². The fourth-order valence-corrected chi connectivity index (χ4v) is 2.51. The van der Waals surface area contributed by atoms with Gasteiger partial charge in [-0.05, 0) is 30.0 Å². The molecule has 1 aliphatic carbocycles. The Bertz CT molecular complexity index is 729. The van der Waals surface area contributed by atoms with Gasteiger partial charge in [-0.2, -0.15) is 0 Å². The molecule has 1 amide bonds.